The van der Waals surface area contributed by atoms with Gasteiger partial charge in [0.05, 0.1) is 23.5 Å². The number of H-pyrrole nitrogens is 1. The van der Waals surface area contributed by atoms with E-state index in [-0.39, 0.29) is 60.7 Å². The molecule has 0 spiro atoms. The lowest BCUT2D eigenvalue weighted by Crippen LogP contribution is -2.45. The van der Waals surface area contributed by atoms with E-state index in [1.165, 1.54) is 15.0 Å². The number of carbonyl (C=O) groups is 2. The number of nitrogens with zero attached hydrogens (tertiary/aromatic N) is 7. The molecular weight excluding hydrogens is 792 g/mol. The van der Waals surface area contributed by atoms with E-state index in [4.69, 9.17) is 14.2 Å². The van der Waals surface area contributed by atoms with Crippen molar-refractivity contribution < 1.29 is 23.2 Å². The van der Waals surface area contributed by atoms with Crippen LogP contribution in [0.3, 0.4) is 0 Å². The highest BCUT2D eigenvalue weighted by molar-refractivity contribution is 6.00. The van der Waals surface area contributed by atoms with Crippen LogP contribution in [-0.2, 0) is 16.7 Å². The number of hydrogen-bond acceptors (Lipinski definition) is 8. The van der Waals surface area contributed by atoms with Crippen LogP contribution in [0.25, 0.3) is 16.6 Å². The number of aromatic nitrogens is 5. The summed E-state index contributed by atoms with van der Waals surface area (Å²) in [4.78, 5) is 70.0. The van der Waals surface area contributed by atoms with Crippen molar-refractivity contribution in [1.29, 1.82) is 0 Å². The van der Waals surface area contributed by atoms with Crippen molar-refractivity contribution in [2.75, 3.05) is 37.7 Å². The van der Waals surface area contributed by atoms with Crippen LogP contribution in [0.4, 0.5) is 15.1 Å². The van der Waals surface area contributed by atoms with Gasteiger partial charge in [-0.25, -0.2) is 23.5 Å². The molecule has 320 valence electrons. The van der Waals surface area contributed by atoms with Crippen LogP contribution < -0.4 is 16.2 Å². The van der Waals surface area contributed by atoms with Crippen molar-refractivity contribution in [3.8, 4) is 5.69 Å². The van der Waals surface area contributed by atoms with E-state index >= 15 is 9.18 Å². The molecule has 15 heteroatoms. The Morgan fingerprint density at radius 1 is 0.952 bits per heavy atom. The number of nitrogens with one attached hydrogen (secondary N) is 1. The van der Waals surface area contributed by atoms with Gasteiger partial charge in [0, 0.05) is 49.3 Å². The van der Waals surface area contributed by atoms with Crippen molar-refractivity contribution in [3.63, 3.8) is 0 Å². The molecule has 1 saturated carbocycles. The Hall–Kier alpha value is -6.35. The first-order valence-corrected chi connectivity index (χ1v) is 21.5. The summed E-state index contributed by atoms with van der Waals surface area (Å²) in [5.41, 5.74) is 4.16. The Morgan fingerprint density at radius 3 is 2.35 bits per heavy atom. The number of anilines is 1. The van der Waals surface area contributed by atoms with Gasteiger partial charge in [-0.05, 0) is 118 Å². The lowest BCUT2D eigenvalue weighted by Gasteiger charge is -2.36. The van der Waals surface area contributed by atoms with Crippen molar-refractivity contribution in [3.05, 3.63) is 138 Å². The maximum absolute atomic E-state index is 15.3. The fourth-order valence-electron chi connectivity index (χ4n) is 10.3. The average molecular weight is 841 g/mol. The monoisotopic (exact) mass is 840 g/mol. The molecule has 10 rings (SSSR count). The molecule has 3 aromatic carbocycles. The van der Waals surface area contributed by atoms with Gasteiger partial charge in [-0.15, -0.1) is 0 Å². The van der Waals surface area contributed by atoms with Crippen LogP contribution in [0.15, 0.2) is 80.8 Å². The zero-order valence-electron chi connectivity index (χ0n) is 35.5. The number of amides is 3. The minimum absolute atomic E-state index is 0.0173. The lowest BCUT2D eigenvalue weighted by molar-refractivity contribution is 0.0658. The summed E-state index contributed by atoms with van der Waals surface area (Å²) in [6.45, 7) is 11.5. The summed E-state index contributed by atoms with van der Waals surface area (Å²) in [6.07, 6.45) is 2.65. The molecule has 3 amide bonds. The fraction of sp³-hybridized carbons (Fsp3) is 0.404. The van der Waals surface area contributed by atoms with Crippen molar-refractivity contribution in [2.45, 2.75) is 83.8 Å². The summed E-state index contributed by atoms with van der Waals surface area (Å²) < 4.78 is 29.1. The van der Waals surface area contributed by atoms with Gasteiger partial charge in [0.15, 0.2) is 5.82 Å². The van der Waals surface area contributed by atoms with Crippen LogP contribution in [-0.4, -0.2) is 78.8 Å². The van der Waals surface area contributed by atoms with E-state index in [2.05, 4.69) is 35.3 Å². The molecule has 62 heavy (non-hydrogen) atoms. The zero-order valence-corrected chi connectivity index (χ0v) is 35.5. The molecule has 3 aliphatic heterocycles. The summed E-state index contributed by atoms with van der Waals surface area (Å²) in [5.74, 6) is -0.486. The highest BCUT2D eigenvalue weighted by atomic mass is 19.1. The normalized spacial score (nSPS) is 22.1. The highest BCUT2D eigenvalue weighted by Crippen LogP contribution is 2.56. The van der Waals surface area contributed by atoms with Gasteiger partial charge in [-0.3, -0.25) is 24.0 Å². The summed E-state index contributed by atoms with van der Waals surface area (Å²) >= 11 is 0. The maximum atomic E-state index is 15.3. The third kappa shape index (κ3) is 6.22. The Morgan fingerprint density at radius 2 is 1.68 bits per heavy atom. The quantitative estimate of drug-likeness (QED) is 0.171. The highest BCUT2D eigenvalue weighted by Gasteiger charge is 2.59. The first kappa shape index (κ1) is 39.8. The Bertz CT molecular complexity index is 2870. The number of fused-ring (bicyclic) bond motifs is 2. The number of rotatable bonds is 8. The van der Waals surface area contributed by atoms with Crippen LogP contribution in [0, 0.1) is 25.6 Å². The van der Waals surface area contributed by atoms with Crippen LogP contribution in [0.1, 0.15) is 108 Å². The summed E-state index contributed by atoms with van der Waals surface area (Å²) in [6, 6.07) is 20.0. The fourth-order valence-corrected chi connectivity index (χ4v) is 10.3. The number of aromatic amines is 1. The van der Waals surface area contributed by atoms with Gasteiger partial charge in [0.2, 0.25) is 5.95 Å². The summed E-state index contributed by atoms with van der Waals surface area (Å²) in [7, 11) is 0. The number of benzene rings is 3. The van der Waals surface area contributed by atoms with E-state index in [1.807, 2.05) is 54.8 Å². The van der Waals surface area contributed by atoms with Gasteiger partial charge in [0.25, 0.3) is 11.5 Å². The zero-order chi connectivity index (χ0) is 43.2. The minimum atomic E-state index is -0.834. The molecule has 4 aliphatic rings. The molecule has 6 aromatic rings. The third-order valence-corrected chi connectivity index (χ3v) is 13.9. The second kappa shape index (κ2) is 14.9. The topological polar surface area (TPSA) is 152 Å². The lowest BCUT2D eigenvalue weighted by atomic mass is 9.91. The van der Waals surface area contributed by atoms with Gasteiger partial charge < -0.3 is 19.1 Å². The smallest absolute Gasteiger partial charge is 0.381 e. The van der Waals surface area contributed by atoms with Crippen molar-refractivity contribution in [1.82, 2.24) is 34.1 Å². The van der Waals surface area contributed by atoms with Gasteiger partial charge >= 0.3 is 11.8 Å². The average Bonchev–Trinajstić information content (AvgIpc) is 3.60. The Balaban J connectivity index is 1.08. The number of urea groups is 1. The van der Waals surface area contributed by atoms with Crippen LogP contribution in [0.5, 0.6) is 0 Å². The van der Waals surface area contributed by atoms with Crippen LogP contribution >= 0.6 is 0 Å². The Kier molecular flexibility index (Phi) is 9.57. The molecule has 1 aliphatic carbocycles. The van der Waals surface area contributed by atoms with Crippen molar-refractivity contribution in [2.24, 2.45) is 5.92 Å². The predicted molar refractivity (Wildman–Crippen MR) is 229 cm³/mol. The van der Waals surface area contributed by atoms with E-state index < -0.39 is 17.3 Å². The molecule has 1 N–H and O–H groups in total. The predicted octanol–water partition coefficient (Wildman–Crippen LogP) is 7.06. The number of halogens is 1. The van der Waals surface area contributed by atoms with E-state index in [0.717, 1.165) is 29.3 Å². The van der Waals surface area contributed by atoms with E-state index in [0.29, 0.717) is 71.7 Å². The minimum Gasteiger partial charge on any atom is -0.381 e. The first-order chi connectivity index (χ1) is 29.9. The van der Waals surface area contributed by atoms with E-state index in [9.17, 15) is 14.4 Å². The van der Waals surface area contributed by atoms with Gasteiger partial charge in [-0.2, -0.15) is 0 Å². The number of ether oxygens (including phenoxy) is 1. The second-order valence-corrected chi connectivity index (χ2v) is 17.5. The van der Waals surface area contributed by atoms with Crippen LogP contribution in [0.2, 0.25) is 0 Å². The second-order valence-electron chi connectivity index (χ2n) is 17.5. The molecule has 4 atom stereocenters. The third-order valence-electron chi connectivity index (χ3n) is 13.9. The maximum Gasteiger partial charge on any atom is 0.438 e. The SMILES string of the molecule is Cc1cc(-n2c(N3CCN([C@H](C)c4ccccc4)C3=O)nc3c(c2=O)CCN(C(=O)c2cc4cc(C5CCOCC5)ccc4n2[C@]2(c4noc(=O)[nH]4)C[C@H]2C)[C@H]3C)cc(C)c1F. The number of hydrogen-bond donors (Lipinski definition) is 1. The molecular formula is C47H49FN8O6. The molecule has 6 heterocycles. The number of carbonyl (C=O) groups excluding carboxylic acids is 2. The standard InChI is InChI=1S/C47H49FN8O6/c1-26-21-35(22-27(2)39(26)48)55-41(57)36-13-16-52(30(5)40(36)49-44(55)54-18-17-53(46(54)60)29(4)31-9-7-6-8-10-31)42(58)38-24-34-23-33(32-14-19-61-20-15-32)11-12-37(34)56(38)47(25-28(47)3)43-50-45(59)62-51-43/h6-12,21-24,28-30,32H,13-20,25H2,1-5H3,(H,50,51,59)/t28-,29-,30+,47-/m1/s1. The molecule has 0 radical (unpaired) electrons. The molecule has 14 nitrogen and oxygen atoms in total. The molecule has 3 fully saturated rings. The van der Waals surface area contributed by atoms with Crippen molar-refractivity contribution >= 4 is 28.8 Å². The van der Waals surface area contributed by atoms with Gasteiger partial charge in [0.1, 0.15) is 17.1 Å². The largest absolute Gasteiger partial charge is 0.438 e. The Labute approximate surface area is 356 Å². The molecule has 0 unspecified atom stereocenters. The first-order valence-electron chi connectivity index (χ1n) is 21.5. The summed E-state index contributed by atoms with van der Waals surface area (Å²) in [5, 5.41) is 5.04. The molecule has 2 saturated heterocycles. The molecule has 0 bridgehead atoms. The number of aryl methyl sites for hydroxylation is 2. The molecule has 3 aromatic heterocycles. The van der Waals surface area contributed by atoms with Gasteiger partial charge in [-0.1, -0.05) is 48.5 Å². The van der Waals surface area contributed by atoms with E-state index in [1.54, 1.807) is 35.8 Å².